The SMILES string of the molecule is CCOC(=O)C(C(=O)OCC)c1ccc(-n2cc(Br)cn2)c(Cl)c1C. The number of halogens is 2. The molecule has 0 bridgehead atoms. The molecule has 0 radical (unpaired) electrons. The Balaban J connectivity index is 2.49. The smallest absolute Gasteiger partial charge is 0.324 e. The molecule has 1 heterocycles. The minimum Gasteiger partial charge on any atom is -0.465 e. The maximum Gasteiger partial charge on any atom is 0.324 e. The summed E-state index contributed by atoms with van der Waals surface area (Å²) >= 11 is 9.80. The number of nitrogens with zero attached hydrogens (tertiary/aromatic N) is 2. The molecule has 0 aliphatic heterocycles. The Bertz CT molecular complexity index is 773. The summed E-state index contributed by atoms with van der Waals surface area (Å²) in [5, 5.41) is 4.59. The van der Waals surface area contributed by atoms with Crippen LogP contribution in [0.4, 0.5) is 0 Å². The van der Waals surface area contributed by atoms with E-state index in [4.69, 9.17) is 21.1 Å². The van der Waals surface area contributed by atoms with Gasteiger partial charge in [-0.25, -0.2) is 4.68 Å². The topological polar surface area (TPSA) is 70.4 Å². The molecule has 0 aliphatic carbocycles. The van der Waals surface area contributed by atoms with E-state index in [9.17, 15) is 9.59 Å². The molecular formula is C17H18BrClN2O4. The molecular weight excluding hydrogens is 412 g/mol. The second kappa shape index (κ2) is 8.49. The zero-order valence-corrected chi connectivity index (χ0v) is 16.4. The number of hydrogen-bond acceptors (Lipinski definition) is 5. The summed E-state index contributed by atoms with van der Waals surface area (Å²) in [7, 11) is 0. The summed E-state index contributed by atoms with van der Waals surface area (Å²) in [4.78, 5) is 24.6. The highest BCUT2D eigenvalue weighted by Crippen LogP contribution is 2.32. The quantitative estimate of drug-likeness (QED) is 0.516. The molecule has 0 amide bonds. The molecule has 6 nitrogen and oxygen atoms in total. The van der Waals surface area contributed by atoms with Crippen molar-refractivity contribution in [1.82, 2.24) is 9.78 Å². The minimum absolute atomic E-state index is 0.168. The number of esters is 2. The summed E-state index contributed by atoms with van der Waals surface area (Å²) in [6, 6.07) is 3.38. The van der Waals surface area contributed by atoms with Crippen molar-refractivity contribution in [3.05, 3.63) is 45.1 Å². The summed E-state index contributed by atoms with van der Waals surface area (Å²) in [6.07, 6.45) is 3.40. The Kier molecular flexibility index (Phi) is 6.61. The molecule has 0 saturated heterocycles. The number of ether oxygens (including phenoxy) is 2. The number of hydrogen-bond donors (Lipinski definition) is 0. The molecule has 0 fully saturated rings. The average molecular weight is 430 g/mol. The fourth-order valence-corrected chi connectivity index (χ4v) is 2.95. The van der Waals surface area contributed by atoms with Crippen LogP contribution in [0.3, 0.4) is 0 Å². The van der Waals surface area contributed by atoms with Crippen molar-refractivity contribution in [2.75, 3.05) is 13.2 Å². The molecule has 1 aromatic carbocycles. The highest BCUT2D eigenvalue weighted by atomic mass is 79.9. The van der Waals surface area contributed by atoms with Crippen molar-refractivity contribution in [2.45, 2.75) is 26.7 Å². The van der Waals surface area contributed by atoms with Crippen LogP contribution in [0.5, 0.6) is 0 Å². The Morgan fingerprint density at radius 3 is 2.32 bits per heavy atom. The molecule has 134 valence electrons. The Morgan fingerprint density at radius 1 is 1.24 bits per heavy atom. The monoisotopic (exact) mass is 428 g/mol. The average Bonchev–Trinajstić information content (AvgIpc) is 2.98. The normalized spacial score (nSPS) is 10.8. The van der Waals surface area contributed by atoms with Crippen LogP contribution < -0.4 is 0 Å². The Labute approximate surface area is 159 Å². The van der Waals surface area contributed by atoms with Gasteiger partial charge in [0.1, 0.15) is 0 Å². The number of carbonyl (C=O) groups is 2. The van der Waals surface area contributed by atoms with E-state index < -0.39 is 17.9 Å². The predicted molar refractivity (Wildman–Crippen MR) is 97.0 cm³/mol. The number of rotatable bonds is 6. The third-order valence-electron chi connectivity index (χ3n) is 3.56. The van der Waals surface area contributed by atoms with Gasteiger partial charge in [0.25, 0.3) is 0 Å². The fourth-order valence-electron chi connectivity index (χ4n) is 2.41. The van der Waals surface area contributed by atoms with Gasteiger partial charge in [0.2, 0.25) is 0 Å². The van der Waals surface area contributed by atoms with Gasteiger partial charge in [-0.05, 0) is 53.9 Å². The van der Waals surface area contributed by atoms with Gasteiger partial charge in [-0.1, -0.05) is 17.7 Å². The van der Waals surface area contributed by atoms with Crippen molar-refractivity contribution in [2.24, 2.45) is 0 Å². The molecule has 0 unspecified atom stereocenters. The van der Waals surface area contributed by atoms with E-state index in [1.807, 2.05) is 0 Å². The van der Waals surface area contributed by atoms with Crippen molar-refractivity contribution in [1.29, 1.82) is 0 Å². The van der Waals surface area contributed by atoms with Gasteiger partial charge in [0.15, 0.2) is 5.92 Å². The lowest BCUT2D eigenvalue weighted by Crippen LogP contribution is -2.27. The van der Waals surface area contributed by atoms with Gasteiger partial charge >= 0.3 is 11.9 Å². The van der Waals surface area contributed by atoms with Crippen LogP contribution >= 0.6 is 27.5 Å². The van der Waals surface area contributed by atoms with Gasteiger partial charge in [-0.2, -0.15) is 5.10 Å². The maximum absolute atomic E-state index is 12.3. The second-order valence-corrected chi connectivity index (χ2v) is 6.45. The zero-order chi connectivity index (χ0) is 18.6. The van der Waals surface area contributed by atoms with Crippen LogP contribution in [0.25, 0.3) is 5.69 Å². The van der Waals surface area contributed by atoms with Crippen LogP contribution in [-0.2, 0) is 19.1 Å². The van der Waals surface area contributed by atoms with Gasteiger partial charge in [0, 0.05) is 6.20 Å². The van der Waals surface area contributed by atoms with Crippen molar-refractivity contribution < 1.29 is 19.1 Å². The summed E-state index contributed by atoms with van der Waals surface area (Å²) in [5.74, 6) is -2.49. The first kappa shape index (κ1) is 19.5. The van der Waals surface area contributed by atoms with Gasteiger partial charge in [-0.3, -0.25) is 9.59 Å². The van der Waals surface area contributed by atoms with Gasteiger partial charge < -0.3 is 9.47 Å². The van der Waals surface area contributed by atoms with E-state index in [1.165, 1.54) is 0 Å². The number of aromatic nitrogens is 2. The molecule has 1 aromatic heterocycles. The summed E-state index contributed by atoms with van der Waals surface area (Å²) in [6.45, 7) is 5.43. The molecule has 25 heavy (non-hydrogen) atoms. The van der Waals surface area contributed by atoms with Crippen molar-refractivity contribution in [3.63, 3.8) is 0 Å². The van der Waals surface area contributed by atoms with Gasteiger partial charge in [0.05, 0.1) is 34.6 Å². The molecule has 0 saturated carbocycles. The highest BCUT2D eigenvalue weighted by molar-refractivity contribution is 9.10. The van der Waals surface area contributed by atoms with E-state index in [2.05, 4.69) is 21.0 Å². The van der Waals surface area contributed by atoms with Gasteiger partial charge in [-0.15, -0.1) is 0 Å². The van der Waals surface area contributed by atoms with Crippen molar-refractivity contribution in [3.8, 4) is 5.69 Å². The largest absolute Gasteiger partial charge is 0.465 e. The van der Waals surface area contributed by atoms with E-state index in [0.29, 0.717) is 21.8 Å². The molecule has 2 rings (SSSR count). The molecule has 8 heteroatoms. The van der Waals surface area contributed by atoms with Crippen LogP contribution in [0.15, 0.2) is 29.0 Å². The first-order chi connectivity index (χ1) is 11.9. The minimum atomic E-state index is -1.17. The molecule has 0 spiro atoms. The lowest BCUT2D eigenvalue weighted by atomic mass is 9.94. The second-order valence-electron chi connectivity index (χ2n) is 5.15. The predicted octanol–water partition coefficient (Wildman–Crippen LogP) is 3.81. The van der Waals surface area contributed by atoms with Crippen LogP contribution in [-0.4, -0.2) is 34.9 Å². The van der Waals surface area contributed by atoms with Crippen LogP contribution in [0.1, 0.15) is 30.9 Å². The summed E-state index contributed by atoms with van der Waals surface area (Å²) in [5.41, 5.74) is 1.69. The van der Waals surface area contributed by atoms with Crippen molar-refractivity contribution >= 4 is 39.5 Å². The number of carbonyl (C=O) groups excluding carboxylic acids is 2. The molecule has 0 aliphatic rings. The highest BCUT2D eigenvalue weighted by Gasteiger charge is 2.33. The Hall–Kier alpha value is -1.86. The first-order valence-corrected chi connectivity index (χ1v) is 8.90. The van der Waals surface area contributed by atoms with E-state index in [-0.39, 0.29) is 13.2 Å². The summed E-state index contributed by atoms with van der Waals surface area (Å²) < 4.78 is 12.5. The lowest BCUT2D eigenvalue weighted by Gasteiger charge is -2.18. The zero-order valence-electron chi connectivity index (χ0n) is 14.1. The molecule has 2 aromatic rings. The maximum atomic E-state index is 12.3. The van der Waals surface area contributed by atoms with Crippen LogP contribution in [0.2, 0.25) is 5.02 Å². The fraction of sp³-hybridized carbons (Fsp3) is 0.353. The first-order valence-electron chi connectivity index (χ1n) is 7.73. The van der Waals surface area contributed by atoms with E-state index in [0.717, 1.165) is 4.47 Å². The lowest BCUT2D eigenvalue weighted by molar-refractivity contribution is -0.156. The molecule has 0 N–H and O–H groups in total. The number of benzene rings is 1. The van der Waals surface area contributed by atoms with Crippen LogP contribution in [0, 0.1) is 6.92 Å². The standard InChI is InChI=1S/C17H18BrClN2O4/c1-4-24-16(22)14(17(23)25-5-2)12-6-7-13(15(19)10(12)3)21-9-11(18)8-20-21/h6-9,14H,4-5H2,1-3H3. The molecule has 0 atom stereocenters. The third kappa shape index (κ3) is 4.22. The third-order valence-corrected chi connectivity index (χ3v) is 4.45. The Morgan fingerprint density at radius 2 is 1.84 bits per heavy atom. The van der Waals surface area contributed by atoms with E-state index in [1.54, 1.807) is 50.0 Å². The van der Waals surface area contributed by atoms with E-state index >= 15 is 0 Å².